The van der Waals surface area contributed by atoms with E-state index in [0.29, 0.717) is 11.6 Å². The molecule has 1 N–H and O–H groups in total. The number of carbonyl (C=O) groups excluding carboxylic acids is 1. The van der Waals surface area contributed by atoms with Crippen LogP contribution in [0.3, 0.4) is 0 Å². The summed E-state index contributed by atoms with van der Waals surface area (Å²) in [7, 11) is 0. The fraction of sp³-hybridized carbons (Fsp3) is 0.667. The highest BCUT2D eigenvalue weighted by Crippen LogP contribution is 2.48. The zero-order valence-corrected chi connectivity index (χ0v) is 9.40. The summed E-state index contributed by atoms with van der Waals surface area (Å²) >= 11 is 1.33. The van der Waals surface area contributed by atoms with E-state index in [9.17, 15) is 9.18 Å². The summed E-state index contributed by atoms with van der Waals surface area (Å²) in [5.41, 5.74) is -0.849. The molecule has 1 amide bonds. The molecule has 2 rings (SSSR count). The number of carbonyl (C=O) groups is 1. The number of alkyl halides is 1. The van der Waals surface area contributed by atoms with Crippen LogP contribution in [0.4, 0.5) is 9.52 Å². The molecule has 6 heteroatoms. The van der Waals surface area contributed by atoms with E-state index in [1.165, 1.54) is 11.3 Å². The minimum atomic E-state index is -1.02. The van der Waals surface area contributed by atoms with E-state index in [1.54, 1.807) is 6.92 Å². The molecule has 2 atom stereocenters. The second-order valence-electron chi connectivity index (χ2n) is 3.90. The zero-order chi connectivity index (χ0) is 11.1. The number of hydrogen-bond acceptors (Lipinski definition) is 4. The molecule has 0 unspecified atom stereocenters. The van der Waals surface area contributed by atoms with Gasteiger partial charge >= 0.3 is 0 Å². The van der Waals surface area contributed by atoms with Gasteiger partial charge in [0.25, 0.3) is 0 Å². The zero-order valence-electron chi connectivity index (χ0n) is 8.58. The highest BCUT2D eigenvalue weighted by Gasteiger charge is 2.57. The van der Waals surface area contributed by atoms with Gasteiger partial charge in [-0.1, -0.05) is 18.3 Å². The Morgan fingerprint density at radius 2 is 2.40 bits per heavy atom. The van der Waals surface area contributed by atoms with E-state index in [1.807, 2.05) is 6.92 Å². The van der Waals surface area contributed by atoms with E-state index >= 15 is 0 Å². The lowest BCUT2D eigenvalue weighted by Gasteiger charge is -2.06. The first-order valence-electron chi connectivity index (χ1n) is 4.84. The monoisotopic (exact) mass is 229 g/mol. The molecule has 0 radical (unpaired) electrons. The van der Waals surface area contributed by atoms with Crippen LogP contribution in [0.1, 0.15) is 25.3 Å². The quantitative estimate of drug-likeness (QED) is 0.859. The number of anilines is 1. The topological polar surface area (TPSA) is 54.9 Å². The number of halogens is 1. The van der Waals surface area contributed by atoms with Crippen LogP contribution >= 0.6 is 11.3 Å². The Bertz CT molecular complexity index is 394. The first-order chi connectivity index (χ1) is 7.06. The van der Waals surface area contributed by atoms with Gasteiger partial charge in [-0.3, -0.25) is 10.1 Å². The minimum absolute atomic E-state index is 0.297. The van der Waals surface area contributed by atoms with Crippen molar-refractivity contribution in [2.75, 3.05) is 5.32 Å². The number of nitrogens with zero attached hydrogens (tertiary/aromatic N) is 2. The predicted molar refractivity (Wildman–Crippen MR) is 55.5 cm³/mol. The van der Waals surface area contributed by atoms with Gasteiger partial charge < -0.3 is 0 Å². The number of aromatic nitrogens is 2. The average Bonchev–Trinajstić information content (AvgIpc) is 2.66. The molecule has 1 aliphatic carbocycles. The highest BCUT2D eigenvalue weighted by molar-refractivity contribution is 7.15. The summed E-state index contributed by atoms with van der Waals surface area (Å²) in [6, 6.07) is 0. The van der Waals surface area contributed by atoms with Crippen molar-refractivity contribution in [3.8, 4) is 0 Å². The first-order valence-corrected chi connectivity index (χ1v) is 5.66. The predicted octanol–water partition coefficient (Wildman–Crippen LogP) is 1.79. The Morgan fingerprint density at radius 1 is 1.73 bits per heavy atom. The summed E-state index contributed by atoms with van der Waals surface area (Å²) in [6.45, 7) is 3.58. The molecule has 1 aliphatic rings. The molecule has 0 saturated heterocycles. The van der Waals surface area contributed by atoms with Gasteiger partial charge in [0.2, 0.25) is 11.0 Å². The molecular weight excluding hydrogens is 217 g/mol. The fourth-order valence-electron chi connectivity index (χ4n) is 1.24. The van der Waals surface area contributed by atoms with E-state index < -0.39 is 11.6 Å². The molecule has 15 heavy (non-hydrogen) atoms. The lowest BCUT2D eigenvalue weighted by molar-refractivity contribution is -0.121. The van der Waals surface area contributed by atoms with Crippen molar-refractivity contribution in [2.45, 2.75) is 32.9 Å². The standard InChI is InChI=1S/C9H12FN3OS/c1-3-6-12-13-8(15-6)11-7(14)9(2)4-5(9)10/h5H,3-4H2,1-2H3,(H,11,13,14)/t5-,9+/m1/s1. The Morgan fingerprint density at radius 3 is 2.87 bits per heavy atom. The summed E-state index contributed by atoms with van der Waals surface area (Å²) in [5, 5.41) is 11.6. The average molecular weight is 229 g/mol. The van der Waals surface area contributed by atoms with Gasteiger partial charge in [-0.15, -0.1) is 10.2 Å². The third kappa shape index (κ3) is 1.86. The van der Waals surface area contributed by atoms with Gasteiger partial charge in [0.05, 0.1) is 5.41 Å². The van der Waals surface area contributed by atoms with Gasteiger partial charge in [-0.05, 0) is 19.8 Å². The molecule has 1 heterocycles. The van der Waals surface area contributed by atoms with Crippen LogP contribution < -0.4 is 5.32 Å². The van der Waals surface area contributed by atoms with Crippen LogP contribution in [-0.4, -0.2) is 22.3 Å². The largest absolute Gasteiger partial charge is 0.300 e. The highest BCUT2D eigenvalue weighted by atomic mass is 32.1. The second kappa shape index (κ2) is 3.52. The van der Waals surface area contributed by atoms with E-state index in [-0.39, 0.29) is 5.91 Å². The van der Waals surface area contributed by atoms with Crippen LogP contribution in [0.25, 0.3) is 0 Å². The van der Waals surface area contributed by atoms with Gasteiger partial charge in [0.1, 0.15) is 11.2 Å². The number of amides is 1. The maximum atomic E-state index is 12.9. The molecule has 1 aromatic heterocycles. The van der Waals surface area contributed by atoms with Gasteiger partial charge in [0.15, 0.2) is 0 Å². The van der Waals surface area contributed by atoms with Crippen molar-refractivity contribution < 1.29 is 9.18 Å². The van der Waals surface area contributed by atoms with Crippen molar-refractivity contribution in [3.05, 3.63) is 5.01 Å². The van der Waals surface area contributed by atoms with Crippen molar-refractivity contribution in [1.82, 2.24) is 10.2 Å². The molecule has 0 spiro atoms. The summed E-state index contributed by atoms with van der Waals surface area (Å²) in [4.78, 5) is 11.6. The molecular formula is C9H12FN3OS. The summed E-state index contributed by atoms with van der Waals surface area (Å²) in [6.07, 6.45) is 0.0745. The smallest absolute Gasteiger partial charge is 0.235 e. The number of nitrogens with one attached hydrogen (secondary N) is 1. The van der Waals surface area contributed by atoms with Crippen LogP contribution in [0.5, 0.6) is 0 Å². The normalized spacial score (nSPS) is 28.9. The van der Waals surface area contributed by atoms with E-state index in [0.717, 1.165) is 11.4 Å². The van der Waals surface area contributed by atoms with Crippen molar-refractivity contribution in [3.63, 3.8) is 0 Å². The second-order valence-corrected chi connectivity index (χ2v) is 4.96. The maximum Gasteiger partial charge on any atom is 0.235 e. The summed E-state index contributed by atoms with van der Waals surface area (Å²) in [5.74, 6) is -0.297. The van der Waals surface area contributed by atoms with Crippen LogP contribution in [0.2, 0.25) is 0 Å². The van der Waals surface area contributed by atoms with Crippen molar-refractivity contribution in [2.24, 2.45) is 5.41 Å². The van der Waals surface area contributed by atoms with Crippen LogP contribution in [-0.2, 0) is 11.2 Å². The fourth-order valence-corrected chi connectivity index (χ4v) is 1.91. The van der Waals surface area contributed by atoms with Gasteiger partial charge in [-0.25, -0.2) is 4.39 Å². The molecule has 82 valence electrons. The van der Waals surface area contributed by atoms with Crippen molar-refractivity contribution in [1.29, 1.82) is 0 Å². The number of hydrogen-bond donors (Lipinski definition) is 1. The maximum absolute atomic E-state index is 12.9. The molecule has 0 aromatic carbocycles. The molecule has 1 fully saturated rings. The number of rotatable bonds is 3. The first kappa shape index (κ1) is 10.5. The Labute approximate surface area is 90.9 Å². The minimum Gasteiger partial charge on any atom is -0.300 e. The molecule has 0 aliphatic heterocycles. The van der Waals surface area contributed by atoms with Crippen LogP contribution in [0, 0.1) is 5.41 Å². The SMILES string of the molecule is CCc1nnc(NC(=O)[C@@]2(C)C[C@H]2F)s1. The molecule has 4 nitrogen and oxygen atoms in total. The molecule has 1 aromatic rings. The van der Waals surface area contributed by atoms with Crippen molar-refractivity contribution >= 4 is 22.4 Å². The molecule has 1 saturated carbocycles. The Kier molecular flexibility index (Phi) is 2.46. The summed E-state index contributed by atoms with van der Waals surface area (Å²) < 4.78 is 12.9. The third-order valence-corrected chi connectivity index (χ3v) is 3.63. The lowest BCUT2D eigenvalue weighted by atomic mass is 10.1. The Balaban J connectivity index is 2.00. The number of aryl methyl sites for hydroxylation is 1. The Hall–Kier alpha value is -1.04. The van der Waals surface area contributed by atoms with E-state index in [4.69, 9.17) is 0 Å². The molecule has 0 bridgehead atoms. The van der Waals surface area contributed by atoms with Gasteiger partial charge in [-0.2, -0.15) is 0 Å². The van der Waals surface area contributed by atoms with Gasteiger partial charge in [0, 0.05) is 0 Å². The third-order valence-electron chi connectivity index (χ3n) is 2.64. The van der Waals surface area contributed by atoms with Crippen LogP contribution in [0.15, 0.2) is 0 Å². The lowest BCUT2D eigenvalue weighted by Crippen LogP contribution is -2.23. The van der Waals surface area contributed by atoms with E-state index in [2.05, 4.69) is 15.5 Å².